The van der Waals surface area contributed by atoms with Crippen LogP contribution in [0, 0.1) is 11.7 Å². The number of nitrogens with zero attached hydrogens (tertiary/aromatic N) is 1. The van der Waals surface area contributed by atoms with Crippen LogP contribution in [0.1, 0.15) is 25.8 Å². The normalized spacial score (nSPS) is 14.5. The van der Waals surface area contributed by atoms with Crippen LogP contribution >= 0.6 is 0 Å². The van der Waals surface area contributed by atoms with Gasteiger partial charge in [0.2, 0.25) is 5.91 Å². The van der Waals surface area contributed by atoms with Gasteiger partial charge in [0.05, 0.1) is 0 Å². The highest BCUT2D eigenvalue weighted by Crippen LogP contribution is 2.31. The molecule has 5 nitrogen and oxygen atoms in total. The van der Waals surface area contributed by atoms with E-state index in [4.69, 9.17) is 0 Å². The molecule has 26 heavy (non-hydrogen) atoms. The lowest BCUT2D eigenvalue weighted by Gasteiger charge is -2.31. The van der Waals surface area contributed by atoms with E-state index in [1.807, 2.05) is 13.8 Å². The van der Waals surface area contributed by atoms with Crippen molar-refractivity contribution in [3.05, 3.63) is 53.8 Å². The minimum atomic E-state index is -4.02. The molecule has 1 aliphatic rings. The number of aryl methyl sites for hydroxylation is 1. The number of amides is 1. The maximum Gasteiger partial charge on any atom is 0.264 e. The Labute approximate surface area is 152 Å². The molecule has 0 saturated heterocycles. The number of anilines is 2. The number of carbonyl (C=O) groups excluding carboxylic acids is 1. The lowest BCUT2D eigenvalue weighted by Crippen LogP contribution is -2.37. The summed E-state index contributed by atoms with van der Waals surface area (Å²) in [6.45, 7) is 4.70. The van der Waals surface area contributed by atoms with Gasteiger partial charge in [-0.2, -0.15) is 0 Å². The molecule has 0 aliphatic carbocycles. The van der Waals surface area contributed by atoms with E-state index in [0.29, 0.717) is 31.0 Å². The Bertz CT molecular complexity index is 942. The molecule has 2 aromatic carbocycles. The Morgan fingerprint density at radius 1 is 1.15 bits per heavy atom. The van der Waals surface area contributed by atoms with Crippen LogP contribution in [0.3, 0.4) is 0 Å². The zero-order chi connectivity index (χ0) is 18.9. The van der Waals surface area contributed by atoms with Gasteiger partial charge in [0.15, 0.2) is 0 Å². The topological polar surface area (TPSA) is 66.5 Å². The van der Waals surface area contributed by atoms with Gasteiger partial charge in [0.1, 0.15) is 10.7 Å². The van der Waals surface area contributed by atoms with Crippen LogP contribution in [0.4, 0.5) is 15.8 Å². The third kappa shape index (κ3) is 3.72. The van der Waals surface area contributed by atoms with Gasteiger partial charge in [-0.05, 0) is 48.2 Å². The molecule has 1 heterocycles. The van der Waals surface area contributed by atoms with Crippen LogP contribution in [-0.4, -0.2) is 20.9 Å². The van der Waals surface area contributed by atoms with Crippen molar-refractivity contribution in [2.75, 3.05) is 16.2 Å². The van der Waals surface area contributed by atoms with Crippen LogP contribution in [0.2, 0.25) is 0 Å². The number of nitrogens with one attached hydrogen (secondary N) is 1. The third-order valence-electron chi connectivity index (χ3n) is 4.21. The fourth-order valence-electron chi connectivity index (χ4n) is 3.06. The molecule has 0 atom stereocenters. The molecule has 1 N–H and O–H groups in total. The number of hydrogen-bond donors (Lipinski definition) is 1. The van der Waals surface area contributed by atoms with E-state index in [9.17, 15) is 17.6 Å². The maximum atomic E-state index is 13.8. The van der Waals surface area contributed by atoms with Gasteiger partial charge in [-0.1, -0.05) is 26.0 Å². The molecule has 0 aromatic heterocycles. The molecular formula is C19H21FN2O3S. The average molecular weight is 376 g/mol. The minimum absolute atomic E-state index is 0.0749. The highest BCUT2D eigenvalue weighted by molar-refractivity contribution is 7.92. The lowest BCUT2D eigenvalue weighted by molar-refractivity contribution is -0.119. The second kappa shape index (κ2) is 7.07. The molecule has 1 amide bonds. The summed E-state index contributed by atoms with van der Waals surface area (Å²) < 4.78 is 41.1. The van der Waals surface area contributed by atoms with E-state index in [1.165, 1.54) is 18.2 Å². The van der Waals surface area contributed by atoms with E-state index < -0.39 is 20.7 Å². The Balaban J connectivity index is 1.90. The fourth-order valence-corrected chi connectivity index (χ4v) is 4.19. The van der Waals surface area contributed by atoms with Crippen molar-refractivity contribution in [1.29, 1.82) is 0 Å². The van der Waals surface area contributed by atoms with E-state index in [2.05, 4.69) is 4.72 Å². The van der Waals surface area contributed by atoms with Crippen molar-refractivity contribution in [3.8, 4) is 0 Å². The predicted octanol–water partition coefficient (Wildman–Crippen LogP) is 3.56. The SMILES string of the molecule is CC(C)CN1C(=O)CCc2cc(NS(=O)(=O)c3ccccc3F)ccc21. The smallest absolute Gasteiger partial charge is 0.264 e. The number of sulfonamides is 1. The van der Waals surface area contributed by atoms with Crippen molar-refractivity contribution >= 4 is 27.3 Å². The summed E-state index contributed by atoms with van der Waals surface area (Å²) in [5.74, 6) is -0.401. The van der Waals surface area contributed by atoms with Crippen LogP contribution in [0.25, 0.3) is 0 Å². The first kappa shape index (κ1) is 18.4. The summed E-state index contributed by atoms with van der Waals surface area (Å²) >= 11 is 0. The number of halogens is 1. The molecule has 0 unspecified atom stereocenters. The molecule has 1 aliphatic heterocycles. The maximum absolute atomic E-state index is 13.8. The monoisotopic (exact) mass is 376 g/mol. The lowest BCUT2D eigenvalue weighted by atomic mass is 9.99. The van der Waals surface area contributed by atoms with E-state index in [1.54, 1.807) is 23.1 Å². The van der Waals surface area contributed by atoms with Gasteiger partial charge in [-0.25, -0.2) is 12.8 Å². The zero-order valence-corrected chi connectivity index (χ0v) is 15.5. The number of rotatable bonds is 5. The van der Waals surface area contributed by atoms with E-state index in [-0.39, 0.29) is 5.91 Å². The molecule has 2 aromatic rings. The number of fused-ring (bicyclic) bond motifs is 1. The van der Waals surface area contributed by atoms with Crippen molar-refractivity contribution in [2.24, 2.45) is 5.92 Å². The first-order valence-corrected chi connectivity index (χ1v) is 9.97. The van der Waals surface area contributed by atoms with Crippen molar-refractivity contribution < 1.29 is 17.6 Å². The summed E-state index contributed by atoms with van der Waals surface area (Å²) in [5, 5.41) is 0. The molecule has 0 spiro atoms. The molecule has 138 valence electrons. The summed E-state index contributed by atoms with van der Waals surface area (Å²) in [6.07, 6.45) is 0.946. The summed E-state index contributed by atoms with van der Waals surface area (Å²) in [7, 11) is -4.02. The summed E-state index contributed by atoms with van der Waals surface area (Å²) in [5.41, 5.74) is 2.06. The fraction of sp³-hybridized carbons (Fsp3) is 0.316. The Kier molecular flexibility index (Phi) is 5.00. The predicted molar refractivity (Wildman–Crippen MR) is 99.2 cm³/mol. The van der Waals surface area contributed by atoms with Crippen LogP contribution in [0.5, 0.6) is 0 Å². The number of hydrogen-bond acceptors (Lipinski definition) is 3. The Morgan fingerprint density at radius 3 is 2.58 bits per heavy atom. The highest BCUT2D eigenvalue weighted by atomic mass is 32.2. The Morgan fingerprint density at radius 2 is 1.88 bits per heavy atom. The Hall–Kier alpha value is -2.41. The molecule has 3 rings (SSSR count). The molecule has 0 fully saturated rings. The highest BCUT2D eigenvalue weighted by Gasteiger charge is 2.25. The van der Waals surface area contributed by atoms with E-state index in [0.717, 1.165) is 17.3 Å². The van der Waals surface area contributed by atoms with Crippen molar-refractivity contribution in [2.45, 2.75) is 31.6 Å². The first-order chi connectivity index (χ1) is 12.3. The van der Waals surface area contributed by atoms with Crippen LogP contribution in [-0.2, 0) is 21.2 Å². The van der Waals surface area contributed by atoms with Crippen LogP contribution in [0.15, 0.2) is 47.4 Å². The molecule has 7 heteroatoms. The van der Waals surface area contributed by atoms with Crippen LogP contribution < -0.4 is 9.62 Å². The minimum Gasteiger partial charge on any atom is -0.312 e. The zero-order valence-electron chi connectivity index (χ0n) is 14.7. The van der Waals surface area contributed by atoms with Gasteiger partial charge in [0.25, 0.3) is 10.0 Å². The van der Waals surface area contributed by atoms with Gasteiger partial charge >= 0.3 is 0 Å². The summed E-state index contributed by atoms with van der Waals surface area (Å²) in [6, 6.07) is 10.3. The first-order valence-electron chi connectivity index (χ1n) is 8.48. The second-order valence-corrected chi connectivity index (χ2v) is 8.43. The average Bonchev–Trinajstić information content (AvgIpc) is 2.57. The standard InChI is InChI=1S/C19H21FN2O3S/c1-13(2)12-22-17-9-8-15(11-14(17)7-10-19(22)23)21-26(24,25)18-6-4-3-5-16(18)20/h3-6,8-9,11,13,21H,7,10,12H2,1-2H3. The molecule has 0 saturated carbocycles. The molecule has 0 radical (unpaired) electrons. The number of carbonyl (C=O) groups is 1. The van der Waals surface area contributed by atoms with E-state index >= 15 is 0 Å². The van der Waals surface area contributed by atoms with Gasteiger partial charge < -0.3 is 4.90 Å². The van der Waals surface area contributed by atoms with Gasteiger partial charge in [-0.3, -0.25) is 9.52 Å². The van der Waals surface area contributed by atoms with Crippen molar-refractivity contribution in [3.63, 3.8) is 0 Å². The molecular weight excluding hydrogens is 355 g/mol. The third-order valence-corrected chi connectivity index (χ3v) is 5.62. The number of benzene rings is 2. The second-order valence-electron chi connectivity index (χ2n) is 6.78. The quantitative estimate of drug-likeness (QED) is 0.868. The van der Waals surface area contributed by atoms with Gasteiger partial charge in [0, 0.05) is 24.3 Å². The van der Waals surface area contributed by atoms with Gasteiger partial charge in [-0.15, -0.1) is 0 Å². The van der Waals surface area contributed by atoms with Crippen molar-refractivity contribution in [1.82, 2.24) is 0 Å². The largest absolute Gasteiger partial charge is 0.312 e. The summed E-state index contributed by atoms with van der Waals surface area (Å²) in [4.78, 5) is 13.6. The molecule has 0 bridgehead atoms.